The van der Waals surface area contributed by atoms with Gasteiger partial charge in [0.2, 0.25) is 5.91 Å². The van der Waals surface area contributed by atoms with Crippen molar-refractivity contribution in [2.45, 2.75) is 38.6 Å². The van der Waals surface area contributed by atoms with Crippen LogP contribution in [0.4, 0.5) is 5.13 Å². The molecule has 5 rings (SSSR count). The Morgan fingerprint density at radius 3 is 2.79 bits per heavy atom. The van der Waals surface area contributed by atoms with E-state index in [0.29, 0.717) is 5.91 Å². The smallest absolute Gasteiger partial charge is 0.226 e. The number of fused-ring (bicyclic) bond motifs is 2. The molecule has 2 aromatic rings. The lowest BCUT2D eigenvalue weighted by Crippen LogP contribution is -2.38. The van der Waals surface area contributed by atoms with Gasteiger partial charge in [-0.25, -0.2) is 4.98 Å². The molecule has 2 aliphatic heterocycles. The van der Waals surface area contributed by atoms with Crippen molar-refractivity contribution in [3.63, 3.8) is 0 Å². The molecule has 1 aliphatic carbocycles. The topological polar surface area (TPSA) is 45.7 Å². The van der Waals surface area contributed by atoms with Crippen molar-refractivity contribution in [2.75, 3.05) is 37.7 Å². The number of thiazole rings is 1. The first-order valence-corrected chi connectivity index (χ1v) is 11.3. The SMILES string of the molecule is O=C(C1CCc2sc(N3CCOCC3)nc2C1)N1CCCc2ccccc2C1. The van der Waals surface area contributed by atoms with Gasteiger partial charge in [0, 0.05) is 43.4 Å². The van der Waals surface area contributed by atoms with Crippen LogP contribution in [-0.2, 0) is 35.3 Å². The van der Waals surface area contributed by atoms with Crippen LogP contribution >= 0.6 is 11.3 Å². The number of carbonyl (C=O) groups excluding carboxylic acids is 1. The fourth-order valence-electron chi connectivity index (χ4n) is 4.61. The number of hydrogen-bond acceptors (Lipinski definition) is 5. The van der Waals surface area contributed by atoms with Crippen LogP contribution in [0.15, 0.2) is 24.3 Å². The number of carbonyl (C=O) groups is 1. The first-order chi connectivity index (χ1) is 13.8. The van der Waals surface area contributed by atoms with Crippen LogP contribution in [0.1, 0.15) is 34.5 Å². The summed E-state index contributed by atoms with van der Waals surface area (Å²) in [6.07, 6.45) is 4.86. The summed E-state index contributed by atoms with van der Waals surface area (Å²) in [5.41, 5.74) is 3.87. The maximum Gasteiger partial charge on any atom is 0.226 e. The summed E-state index contributed by atoms with van der Waals surface area (Å²) in [6.45, 7) is 5.02. The summed E-state index contributed by atoms with van der Waals surface area (Å²) in [5, 5.41) is 1.12. The molecule has 1 fully saturated rings. The van der Waals surface area contributed by atoms with Crippen molar-refractivity contribution in [1.29, 1.82) is 0 Å². The zero-order valence-electron chi connectivity index (χ0n) is 16.2. The molecule has 3 aliphatic rings. The predicted molar refractivity (Wildman–Crippen MR) is 111 cm³/mol. The average Bonchev–Trinajstić information content (AvgIpc) is 3.05. The molecule has 148 valence electrons. The van der Waals surface area contributed by atoms with Gasteiger partial charge in [-0.05, 0) is 36.8 Å². The quantitative estimate of drug-likeness (QED) is 0.781. The minimum absolute atomic E-state index is 0.0809. The lowest BCUT2D eigenvalue weighted by atomic mass is 9.89. The molecule has 1 unspecified atom stereocenters. The van der Waals surface area contributed by atoms with E-state index in [1.165, 1.54) is 16.0 Å². The average molecular weight is 398 g/mol. The van der Waals surface area contributed by atoms with Gasteiger partial charge in [-0.3, -0.25) is 4.79 Å². The standard InChI is InChI=1S/C22H27N3O2S/c26-21(25-9-3-6-16-4-1-2-5-18(16)15-25)17-7-8-20-19(14-17)23-22(28-20)24-10-12-27-13-11-24/h1-2,4-5,17H,3,6-15H2. The summed E-state index contributed by atoms with van der Waals surface area (Å²) in [5.74, 6) is 0.403. The summed E-state index contributed by atoms with van der Waals surface area (Å²) in [7, 11) is 0. The molecule has 0 spiro atoms. The largest absolute Gasteiger partial charge is 0.378 e. The van der Waals surface area contributed by atoms with Crippen molar-refractivity contribution in [3.8, 4) is 0 Å². The predicted octanol–water partition coefficient (Wildman–Crippen LogP) is 3.06. The number of anilines is 1. The van der Waals surface area contributed by atoms with E-state index in [-0.39, 0.29) is 5.92 Å². The Hall–Kier alpha value is -1.92. The summed E-state index contributed by atoms with van der Waals surface area (Å²) in [4.78, 5) is 24.0. The van der Waals surface area contributed by atoms with Crippen LogP contribution in [0.5, 0.6) is 0 Å². The minimum Gasteiger partial charge on any atom is -0.378 e. The lowest BCUT2D eigenvalue weighted by Gasteiger charge is -2.28. The molecule has 1 aromatic heterocycles. The molecule has 5 nitrogen and oxygen atoms in total. The number of aromatic nitrogens is 1. The highest BCUT2D eigenvalue weighted by Gasteiger charge is 2.32. The molecule has 6 heteroatoms. The molecule has 0 bridgehead atoms. The van der Waals surface area contributed by atoms with E-state index in [1.54, 1.807) is 0 Å². The second-order valence-corrected chi connectivity index (χ2v) is 9.10. The molecule has 0 N–H and O–H groups in total. The molecule has 3 heterocycles. The number of nitrogens with zero attached hydrogens (tertiary/aromatic N) is 3. The molecule has 28 heavy (non-hydrogen) atoms. The van der Waals surface area contributed by atoms with Crippen molar-refractivity contribution in [1.82, 2.24) is 9.88 Å². The molecule has 1 amide bonds. The van der Waals surface area contributed by atoms with E-state index < -0.39 is 0 Å². The van der Waals surface area contributed by atoms with Crippen LogP contribution in [-0.4, -0.2) is 48.6 Å². The first-order valence-electron chi connectivity index (χ1n) is 10.4. The van der Waals surface area contributed by atoms with Gasteiger partial charge in [0.25, 0.3) is 0 Å². The van der Waals surface area contributed by atoms with Crippen molar-refractivity contribution in [2.24, 2.45) is 5.92 Å². The minimum atomic E-state index is 0.0809. The second-order valence-electron chi connectivity index (χ2n) is 8.04. The van der Waals surface area contributed by atoms with Gasteiger partial charge in [0.1, 0.15) is 0 Å². The summed E-state index contributed by atoms with van der Waals surface area (Å²) >= 11 is 1.82. The number of rotatable bonds is 2. The molecular weight excluding hydrogens is 370 g/mol. The van der Waals surface area contributed by atoms with Gasteiger partial charge in [0.15, 0.2) is 5.13 Å². The van der Waals surface area contributed by atoms with Crippen LogP contribution in [0.25, 0.3) is 0 Å². The molecule has 0 radical (unpaired) electrons. The van der Waals surface area contributed by atoms with Gasteiger partial charge in [-0.1, -0.05) is 24.3 Å². The fourth-order valence-corrected chi connectivity index (χ4v) is 5.77. The van der Waals surface area contributed by atoms with Crippen LogP contribution < -0.4 is 4.90 Å². The maximum absolute atomic E-state index is 13.3. The third-order valence-corrected chi connectivity index (χ3v) is 7.44. The summed E-state index contributed by atoms with van der Waals surface area (Å²) in [6, 6.07) is 8.57. The number of aryl methyl sites for hydroxylation is 2. The Bertz CT molecular complexity index is 859. The van der Waals surface area contributed by atoms with Crippen molar-refractivity contribution in [3.05, 3.63) is 46.0 Å². The Labute approximate surface area is 170 Å². The monoisotopic (exact) mass is 397 g/mol. The molecule has 0 saturated carbocycles. The first kappa shape index (κ1) is 18.1. The van der Waals surface area contributed by atoms with E-state index in [0.717, 1.165) is 82.3 Å². The number of benzene rings is 1. The Morgan fingerprint density at radius 2 is 1.93 bits per heavy atom. The third-order valence-electron chi connectivity index (χ3n) is 6.22. The van der Waals surface area contributed by atoms with E-state index in [4.69, 9.17) is 9.72 Å². The molecule has 1 saturated heterocycles. The van der Waals surface area contributed by atoms with E-state index >= 15 is 0 Å². The second kappa shape index (κ2) is 7.84. The zero-order chi connectivity index (χ0) is 18.9. The highest BCUT2D eigenvalue weighted by molar-refractivity contribution is 7.15. The van der Waals surface area contributed by atoms with Crippen LogP contribution in [0.2, 0.25) is 0 Å². The number of amides is 1. The van der Waals surface area contributed by atoms with Crippen LogP contribution in [0, 0.1) is 5.92 Å². The van der Waals surface area contributed by atoms with Gasteiger partial charge in [-0.2, -0.15) is 0 Å². The lowest BCUT2D eigenvalue weighted by molar-refractivity contribution is -0.136. The van der Waals surface area contributed by atoms with E-state index in [9.17, 15) is 4.79 Å². The van der Waals surface area contributed by atoms with Gasteiger partial charge in [-0.15, -0.1) is 11.3 Å². The zero-order valence-corrected chi connectivity index (χ0v) is 17.0. The molecular formula is C22H27N3O2S. The van der Waals surface area contributed by atoms with Crippen LogP contribution in [0.3, 0.4) is 0 Å². The number of morpholine rings is 1. The molecule has 1 aromatic carbocycles. The number of hydrogen-bond donors (Lipinski definition) is 0. The Balaban J connectivity index is 1.29. The number of ether oxygens (including phenoxy) is 1. The van der Waals surface area contributed by atoms with Crippen molar-refractivity contribution < 1.29 is 9.53 Å². The maximum atomic E-state index is 13.3. The highest BCUT2D eigenvalue weighted by Crippen LogP contribution is 2.35. The third kappa shape index (κ3) is 3.55. The van der Waals surface area contributed by atoms with Crippen molar-refractivity contribution >= 4 is 22.4 Å². The Morgan fingerprint density at radius 1 is 1.11 bits per heavy atom. The van der Waals surface area contributed by atoms with Gasteiger partial charge >= 0.3 is 0 Å². The normalized spacial score (nSPS) is 22.4. The summed E-state index contributed by atoms with van der Waals surface area (Å²) < 4.78 is 5.46. The van der Waals surface area contributed by atoms with E-state index in [1.807, 2.05) is 11.3 Å². The fraction of sp³-hybridized carbons (Fsp3) is 0.545. The molecule has 1 atom stereocenters. The Kier molecular flexibility index (Phi) is 5.07. The van der Waals surface area contributed by atoms with Gasteiger partial charge in [0.05, 0.1) is 18.9 Å². The van der Waals surface area contributed by atoms with Gasteiger partial charge < -0.3 is 14.5 Å². The highest BCUT2D eigenvalue weighted by atomic mass is 32.1. The van der Waals surface area contributed by atoms with E-state index in [2.05, 4.69) is 34.1 Å².